The van der Waals surface area contributed by atoms with Gasteiger partial charge in [0.15, 0.2) is 0 Å². The summed E-state index contributed by atoms with van der Waals surface area (Å²) >= 11 is 1.39. The van der Waals surface area contributed by atoms with E-state index in [0.29, 0.717) is 24.4 Å². The Morgan fingerprint density at radius 2 is 1.75 bits per heavy atom. The molecule has 1 aromatic carbocycles. The van der Waals surface area contributed by atoms with Crippen molar-refractivity contribution in [2.75, 3.05) is 13.1 Å². The van der Waals surface area contributed by atoms with Gasteiger partial charge in [0, 0.05) is 13.1 Å². The monoisotopic (exact) mass is 348 g/mol. The van der Waals surface area contributed by atoms with Crippen molar-refractivity contribution in [1.29, 1.82) is 0 Å². The van der Waals surface area contributed by atoms with E-state index in [9.17, 15) is 14.0 Å². The van der Waals surface area contributed by atoms with Crippen molar-refractivity contribution in [3.63, 3.8) is 0 Å². The maximum atomic E-state index is 13.0. The lowest BCUT2D eigenvalue weighted by atomic mass is 9.83. The van der Waals surface area contributed by atoms with Crippen molar-refractivity contribution in [2.45, 2.75) is 25.7 Å². The van der Waals surface area contributed by atoms with E-state index in [1.807, 2.05) is 11.4 Å². The van der Waals surface area contributed by atoms with E-state index in [0.717, 1.165) is 5.56 Å². The first-order valence-corrected chi connectivity index (χ1v) is 8.65. The van der Waals surface area contributed by atoms with E-state index in [1.54, 1.807) is 32.0 Å². The lowest BCUT2D eigenvalue weighted by molar-refractivity contribution is -0.125. The summed E-state index contributed by atoms with van der Waals surface area (Å²) in [6.07, 6.45) is 0.641. The van der Waals surface area contributed by atoms with E-state index < -0.39 is 5.41 Å². The topological polar surface area (TPSA) is 58.2 Å². The number of benzene rings is 1. The molecule has 1 aromatic heterocycles. The summed E-state index contributed by atoms with van der Waals surface area (Å²) in [6, 6.07) is 9.55. The molecule has 4 nitrogen and oxygen atoms in total. The molecule has 2 N–H and O–H groups in total. The van der Waals surface area contributed by atoms with Gasteiger partial charge in [-0.1, -0.05) is 18.2 Å². The second-order valence-corrected chi connectivity index (χ2v) is 6.92. The largest absolute Gasteiger partial charge is 0.355 e. The molecule has 2 aromatic rings. The van der Waals surface area contributed by atoms with Crippen LogP contribution in [0.25, 0.3) is 0 Å². The molecule has 0 aliphatic carbocycles. The lowest BCUT2D eigenvalue weighted by Gasteiger charge is -2.24. The molecule has 0 atom stereocenters. The van der Waals surface area contributed by atoms with Crippen LogP contribution in [0, 0.1) is 5.82 Å². The minimum atomic E-state index is -0.742. The van der Waals surface area contributed by atoms with Gasteiger partial charge < -0.3 is 10.6 Å². The van der Waals surface area contributed by atoms with Gasteiger partial charge in [-0.25, -0.2) is 4.39 Å². The zero-order valence-electron chi connectivity index (χ0n) is 13.8. The summed E-state index contributed by atoms with van der Waals surface area (Å²) in [7, 11) is 0. The molecule has 0 aliphatic rings. The number of halogens is 1. The number of amides is 2. The highest BCUT2D eigenvalue weighted by atomic mass is 32.1. The predicted octanol–water partition coefficient (Wildman–Crippen LogP) is 3.10. The predicted molar refractivity (Wildman–Crippen MR) is 93.7 cm³/mol. The standard InChI is InChI=1S/C18H21FN2O2S/c1-18(2,13-6-8-14(19)9-7-13)17(23)21-11-4-10-20-16(22)15-5-3-12-24-15/h3,5-9,12H,4,10-11H2,1-2H3,(H,20,22)(H,21,23). The zero-order valence-corrected chi connectivity index (χ0v) is 14.6. The summed E-state index contributed by atoms with van der Waals surface area (Å²) in [5.74, 6) is -0.543. The Hall–Kier alpha value is -2.21. The van der Waals surface area contributed by atoms with Crippen LogP contribution in [0.1, 0.15) is 35.5 Å². The fraction of sp³-hybridized carbons (Fsp3) is 0.333. The average Bonchev–Trinajstić information content (AvgIpc) is 3.09. The molecule has 2 rings (SSSR count). The Morgan fingerprint density at radius 1 is 1.08 bits per heavy atom. The Balaban J connectivity index is 1.74. The summed E-state index contributed by atoms with van der Waals surface area (Å²) < 4.78 is 13.0. The Morgan fingerprint density at radius 3 is 2.38 bits per heavy atom. The normalized spacial score (nSPS) is 11.1. The number of hydrogen-bond donors (Lipinski definition) is 2. The molecule has 0 unspecified atom stereocenters. The second-order valence-electron chi connectivity index (χ2n) is 5.97. The van der Waals surface area contributed by atoms with E-state index in [1.165, 1.54) is 23.5 Å². The smallest absolute Gasteiger partial charge is 0.261 e. The quantitative estimate of drug-likeness (QED) is 0.756. The maximum Gasteiger partial charge on any atom is 0.261 e. The first-order valence-electron chi connectivity index (χ1n) is 7.77. The van der Waals surface area contributed by atoms with Gasteiger partial charge in [0.25, 0.3) is 5.91 Å². The molecule has 0 radical (unpaired) electrons. The van der Waals surface area contributed by atoms with Crippen molar-refractivity contribution >= 4 is 23.2 Å². The van der Waals surface area contributed by atoms with Crippen molar-refractivity contribution < 1.29 is 14.0 Å². The Labute approximate surface area is 145 Å². The van der Waals surface area contributed by atoms with Crippen molar-refractivity contribution in [3.05, 3.63) is 58.0 Å². The van der Waals surface area contributed by atoms with Gasteiger partial charge in [-0.15, -0.1) is 11.3 Å². The number of thiophene rings is 1. The Kier molecular flexibility index (Phi) is 6.09. The molecular weight excluding hydrogens is 327 g/mol. The number of carbonyl (C=O) groups is 2. The molecule has 0 bridgehead atoms. The molecule has 1 heterocycles. The minimum absolute atomic E-state index is 0.0945. The third-order valence-corrected chi connectivity index (χ3v) is 4.67. The first kappa shape index (κ1) is 18.1. The van der Waals surface area contributed by atoms with Crippen LogP contribution >= 0.6 is 11.3 Å². The zero-order chi connectivity index (χ0) is 17.6. The molecule has 0 fully saturated rings. The summed E-state index contributed by atoms with van der Waals surface area (Å²) in [5.41, 5.74) is 0.0147. The Bertz CT molecular complexity index is 682. The van der Waals surface area contributed by atoms with Gasteiger partial charge in [0.1, 0.15) is 5.82 Å². The fourth-order valence-electron chi connectivity index (χ4n) is 2.21. The van der Waals surface area contributed by atoms with E-state index in [-0.39, 0.29) is 17.6 Å². The number of nitrogens with one attached hydrogen (secondary N) is 2. The van der Waals surface area contributed by atoms with Crippen LogP contribution in [0.15, 0.2) is 41.8 Å². The van der Waals surface area contributed by atoms with Crippen LogP contribution in [-0.4, -0.2) is 24.9 Å². The molecule has 0 saturated carbocycles. The summed E-state index contributed by atoms with van der Waals surface area (Å²) in [5, 5.41) is 7.53. The molecule has 128 valence electrons. The molecule has 0 spiro atoms. The van der Waals surface area contributed by atoms with E-state index >= 15 is 0 Å². The second kappa shape index (κ2) is 8.06. The summed E-state index contributed by atoms with van der Waals surface area (Å²) in [4.78, 5) is 24.8. The molecule has 6 heteroatoms. The highest BCUT2D eigenvalue weighted by Crippen LogP contribution is 2.23. The maximum absolute atomic E-state index is 13.0. The van der Waals surface area contributed by atoms with Gasteiger partial charge in [0.05, 0.1) is 10.3 Å². The summed E-state index contributed by atoms with van der Waals surface area (Å²) in [6.45, 7) is 4.56. The van der Waals surface area contributed by atoms with Gasteiger partial charge in [-0.2, -0.15) is 0 Å². The SMILES string of the molecule is CC(C)(C(=O)NCCCNC(=O)c1cccs1)c1ccc(F)cc1. The van der Waals surface area contributed by atoms with Crippen LogP contribution in [0.4, 0.5) is 4.39 Å². The van der Waals surface area contributed by atoms with Gasteiger partial charge in [-0.05, 0) is 49.4 Å². The third-order valence-electron chi connectivity index (χ3n) is 3.80. The van der Waals surface area contributed by atoms with Gasteiger partial charge in [0.2, 0.25) is 5.91 Å². The third kappa shape index (κ3) is 4.64. The number of carbonyl (C=O) groups excluding carboxylic acids is 2. The van der Waals surface area contributed by atoms with Crippen molar-refractivity contribution in [1.82, 2.24) is 10.6 Å². The van der Waals surface area contributed by atoms with Crippen LogP contribution in [0.5, 0.6) is 0 Å². The first-order chi connectivity index (χ1) is 11.4. The van der Waals surface area contributed by atoms with Gasteiger partial charge in [-0.3, -0.25) is 9.59 Å². The van der Waals surface area contributed by atoms with E-state index in [4.69, 9.17) is 0 Å². The number of rotatable bonds is 7. The van der Waals surface area contributed by atoms with Crippen LogP contribution < -0.4 is 10.6 Å². The average molecular weight is 348 g/mol. The lowest BCUT2D eigenvalue weighted by Crippen LogP contribution is -2.41. The number of hydrogen-bond acceptors (Lipinski definition) is 3. The van der Waals surface area contributed by atoms with Gasteiger partial charge >= 0.3 is 0 Å². The molecular formula is C18H21FN2O2S. The highest BCUT2D eigenvalue weighted by Gasteiger charge is 2.29. The molecule has 0 aliphatic heterocycles. The van der Waals surface area contributed by atoms with Crippen LogP contribution in [-0.2, 0) is 10.2 Å². The molecule has 2 amide bonds. The van der Waals surface area contributed by atoms with Crippen LogP contribution in [0.3, 0.4) is 0 Å². The highest BCUT2D eigenvalue weighted by molar-refractivity contribution is 7.12. The van der Waals surface area contributed by atoms with Crippen molar-refractivity contribution in [2.24, 2.45) is 0 Å². The minimum Gasteiger partial charge on any atom is -0.355 e. The van der Waals surface area contributed by atoms with Crippen LogP contribution in [0.2, 0.25) is 0 Å². The van der Waals surface area contributed by atoms with Crippen molar-refractivity contribution in [3.8, 4) is 0 Å². The molecule has 0 saturated heterocycles. The molecule has 24 heavy (non-hydrogen) atoms. The fourth-order valence-corrected chi connectivity index (χ4v) is 2.85. The van der Waals surface area contributed by atoms with E-state index in [2.05, 4.69) is 10.6 Å².